The molecule has 42 heavy (non-hydrogen) atoms. The Morgan fingerprint density at radius 3 is 1.36 bits per heavy atom. The van der Waals surface area contributed by atoms with Gasteiger partial charge in [0.2, 0.25) is 0 Å². The van der Waals surface area contributed by atoms with Crippen LogP contribution in [0.3, 0.4) is 0 Å². The Hall–Kier alpha value is -1.35. The van der Waals surface area contributed by atoms with Crippen molar-refractivity contribution in [3.63, 3.8) is 0 Å². The van der Waals surface area contributed by atoms with Crippen molar-refractivity contribution in [3.05, 3.63) is 36.5 Å². The molecule has 0 aliphatic heterocycles. The van der Waals surface area contributed by atoms with Gasteiger partial charge in [-0.25, -0.2) is 0 Å². The van der Waals surface area contributed by atoms with Crippen LogP contribution in [-0.2, 0) is 9.53 Å². The van der Waals surface area contributed by atoms with Crippen molar-refractivity contribution in [2.24, 2.45) is 5.92 Å². The summed E-state index contributed by atoms with van der Waals surface area (Å²) in [6.07, 6.45) is 42.4. The van der Waals surface area contributed by atoms with E-state index >= 15 is 0 Å². The van der Waals surface area contributed by atoms with E-state index in [4.69, 9.17) is 4.74 Å². The van der Waals surface area contributed by atoms with Gasteiger partial charge in [0.05, 0.1) is 0 Å². The van der Waals surface area contributed by atoms with Crippen molar-refractivity contribution in [1.29, 1.82) is 0 Å². The van der Waals surface area contributed by atoms with Crippen LogP contribution in [0.25, 0.3) is 0 Å². The van der Waals surface area contributed by atoms with Crippen LogP contribution < -0.4 is 0 Å². The molecule has 0 aromatic carbocycles. The van der Waals surface area contributed by atoms with Crippen molar-refractivity contribution >= 4 is 5.97 Å². The Morgan fingerprint density at radius 2 is 0.952 bits per heavy atom. The van der Waals surface area contributed by atoms with Crippen LogP contribution in [0.2, 0.25) is 0 Å². The molecule has 0 bridgehead atoms. The second-order valence-electron chi connectivity index (χ2n) is 12.7. The summed E-state index contributed by atoms with van der Waals surface area (Å²) >= 11 is 0. The highest BCUT2D eigenvalue weighted by Crippen LogP contribution is 2.27. The van der Waals surface area contributed by atoms with Crippen LogP contribution in [0, 0.1) is 5.92 Å². The first-order chi connectivity index (χ1) is 20.5. The first-order valence-electron chi connectivity index (χ1n) is 18.3. The Morgan fingerprint density at radius 1 is 0.548 bits per heavy atom. The molecule has 0 rings (SSSR count). The predicted molar refractivity (Wildman–Crippen MR) is 187 cm³/mol. The summed E-state index contributed by atoms with van der Waals surface area (Å²) in [7, 11) is 4.19. The van der Waals surface area contributed by atoms with E-state index in [1.165, 1.54) is 89.9 Å². The van der Waals surface area contributed by atoms with Crippen LogP contribution in [0.5, 0.6) is 0 Å². The zero-order valence-corrected chi connectivity index (χ0v) is 29.1. The second kappa shape index (κ2) is 32.6. The predicted octanol–water partition coefficient (Wildman–Crippen LogP) is 12.2. The van der Waals surface area contributed by atoms with Crippen LogP contribution in [0.1, 0.15) is 175 Å². The zero-order valence-electron chi connectivity index (χ0n) is 29.1. The van der Waals surface area contributed by atoms with E-state index in [9.17, 15) is 4.79 Å². The summed E-state index contributed by atoms with van der Waals surface area (Å²) in [4.78, 5) is 15.2. The van der Waals surface area contributed by atoms with Crippen molar-refractivity contribution in [1.82, 2.24) is 4.90 Å². The molecule has 0 radical (unpaired) electrons. The lowest BCUT2D eigenvalue weighted by Crippen LogP contribution is -2.27. The monoisotopic (exact) mass is 588 g/mol. The van der Waals surface area contributed by atoms with Gasteiger partial charge in [-0.1, -0.05) is 95.8 Å². The van der Waals surface area contributed by atoms with Gasteiger partial charge in [0.25, 0.3) is 0 Å². The number of unbranched alkanes of at least 4 members (excludes halogenated alkanes) is 13. The maximum Gasteiger partial charge on any atom is 0.306 e. The van der Waals surface area contributed by atoms with Gasteiger partial charge in [0, 0.05) is 6.42 Å². The SMILES string of the molecule is CCCCCC=CCCCC(CCC/C=C\CCCCC)C(CCC/C=C\CCCCC)OC(=O)CCCCN(C)C. The Balaban J connectivity index is 5.13. The second-order valence-corrected chi connectivity index (χ2v) is 12.7. The number of hydrogen-bond donors (Lipinski definition) is 0. The first-order valence-corrected chi connectivity index (χ1v) is 18.3. The van der Waals surface area contributed by atoms with Crippen LogP contribution >= 0.6 is 0 Å². The molecule has 2 unspecified atom stereocenters. The minimum atomic E-state index is 0.0190. The van der Waals surface area contributed by atoms with E-state index in [2.05, 4.69) is 76.2 Å². The van der Waals surface area contributed by atoms with Gasteiger partial charge in [-0.2, -0.15) is 0 Å². The van der Waals surface area contributed by atoms with Crippen molar-refractivity contribution < 1.29 is 9.53 Å². The lowest BCUT2D eigenvalue weighted by molar-refractivity contribution is -0.153. The molecule has 0 N–H and O–H groups in total. The average Bonchev–Trinajstić information content (AvgIpc) is 2.97. The highest BCUT2D eigenvalue weighted by atomic mass is 16.5. The zero-order chi connectivity index (χ0) is 30.9. The van der Waals surface area contributed by atoms with Crippen molar-refractivity contribution in [3.8, 4) is 0 Å². The third-order valence-corrected chi connectivity index (χ3v) is 8.22. The summed E-state index contributed by atoms with van der Waals surface area (Å²) in [5.74, 6) is 0.483. The third-order valence-electron chi connectivity index (χ3n) is 8.22. The smallest absolute Gasteiger partial charge is 0.306 e. The van der Waals surface area contributed by atoms with Gasteiger partial charge in [-0.05, 0) is 136 Å². The number of carbonyl (C=O) groups excluding carboxylic acids is 1. The Kier molecular flexibility index (Phi) is 31.5. The van der Waals surface area contributed by atoms with E-state index in [0.29, 0.717) is 12.3 Å². The van der Waals surface area contributed by atoms with E-state index in [1.807, 2.05) is 0 Å². The lowest BCUT2D eigenvalue weighted by Gasteiger charge is -2.27. The molecule has 0 amide bonds. The third kappa shape index (κ3) is 28.8. The fourth-order valence-electron chi connectivity index (χ4n) is 5.51. The molecule has 3 heteroatoms. The molecule has 2 atom stereocenters. The van der Waals surface area contributed by atoms with Crippen LogP contribution in [0.4, 0.5) is 0 Å². The normalized spacial score (nSPS) is 13.7. The number of carbonyl (C=O) groups is 1. The van der Waals surface area contributed by atoms with Crippen molar-refractivity contribution in [2.45, 2.75) is 181 Å². The maximum absolute atomic E-state index is 13.0. The van der Waals surface area contributed by atoms with Gasteiger partial charge in [-0.15, -0.1) is 0 Å². The maximum atomic E-state index is 13.0. The lowest BCUT2D eigenvalue weighted by atomic mass is 9.87. The minimum Gasteiger partial charge on any atom is -0.462 e. The standard InChI is InChI=1S/C39H73NO2/c1-6-9-12-15-18-21-24-27-32-37(33-28-25-22-19-16-13-10-7-2)38(34-29-26-23-20-17-14-11-8-3)42-39(41)35-30-31-36-40(4)5/h18-23,37-38H,6-17,24-36H2,1-5H3/b21-18-,22-19?,23-20-. The molecule has 3 nitrogen and oxygen atoms in total. The van der Waals surface area contributed by atoms with E-state index < -0.39 is 0 Å². The number of esters is 1. The Bertz CT molecular complexity index is 625. The molecule has 0 fully saturated rings. The number of ether oxygens (including phenoxy) is 1. The highest BCUT2D eigenvalue weighted by Gasteiger charge is 2.24. The molecule has 0 heterocycles. The fraction of sp³-hybridized carbons (Fsp3) is 0.821. The summed E-state index contributed by atoms with van der Waals surface area (Å²) in [6.45, 7) is 7.82. The largest absolute Gasteiger partial charge is 0.462 e. The van der Waals surface area contributed by atoms with Gasteiger partial charge in [0.1, 0.15) is 6.10 Å². The highest BCUT2D eigenvalue weighted by molar-refractivity contribution is 5.69. The quantitative estimate of drug-likeness (QED) is 0.0459. The van der Waals surface area contributed by atoms with E-state index in [1.54, 1.807) is 0 Å². The molecular formula is C39H73NO2. The molecule has 0 aromatic heterocycles. The van der Waals surface area contributed by atoms with Gasteiger partial charge >= 0.3 is 5.97 Å². The van der Waals surface area contributed by atoms with Gasteiger partial charge in [0.15, 0.2) is 0 Å². The minimum absolute atomic E-state index is 0.0190. The van der Waals surface area contributed by atoms with E-state index in [0.717, 1.165) is 64.3 Å². The van der Waals surface area contributed by atoms with Crippen LogP contribution in [-0.4, -0.2) is 37.6 Å². The molecule has 0 aliphatic carbocycles. The molecule has 0 spiro atoms. The summed E-state index contributed by atoms with van der Waals surface area (Å²) in [6, 6.07) is 0. The summed E-state index contributed by atoms with van der Waals surface area (Å²) < 4.78 is 6.31. The molecule has 0 saturated carbocycles. The molecule has 0 saturated heterocycles. The topological polar surface area (TPSA) is 29.5 Å². The number of allylic oxidation sites excluding steroid dienone is 6. The van der Waals surface area contributed by atoms with Gasteiger partial charge < -0.3 is 9.64 Å². The average molecular weight is 588 g/mol. The number of hydrogen-bond acceptors (Lipinski definition) is 3. The molecule has 0 aliphatic rings. The molecule has 0 aromatic rings. The fourth-order valence-corrected chi connectivity index (χ4v) is 5.51. The Labute approximate surface area is 264 Å². The van der Waals surface area contributed by atoms with Gasteiger partial charge in [-0.3, -0.25) is 4.79 Å². The molecular weight excluding hydrogens is 514 g/mol. The first kappa shape index (κ1) is 40.6. The molecule has 246 valence electrons. The van der Waals surface area contributed by atoms with E-state index in [-0.39, 0.29) is 12.1 Å². The number of nitrogens with zero attached hydrogens (tertiary/aromatic N) is 1. The van der Waals surface area contributed by atoms with Crippen molar-refractivity contribution in [2.75, 3.05) is 20.6 Å². The van der Waals surface area contributed by atoms with Crippen LogP contribution in [0.15, 0.2) is 36.5 Å². The number of rotatable bonds is 31. The summed E-state index contributed by atoms with van der Waals surface area (Å²) in [5, 5.41) is 0. The summed E-state index contributed by atoms with van der Waals surface area (Å²) in [5.41, 5.74) is 0.